The van der Waals surface area contributed by atoms with E-state index in [1.807, 2.05) is 0 Å². The predicted molar refractivity (Wildman–Crippen MR) is 50.3 cm³/mol. The molecule has 0 aromatic carbocycles. The van der Waals surface area contributed by atoms with E-state index < -0.39 is 24.4 Å². The van der Waals surface area contributed by atoms with E-state index in [1.165, 1.54) is 0 Å². The van der Waals surface area contributed by atoms with Gasteiger partial charge in [0.05, 0.1) is 0 Å². The Morgan fingerprint density at radius 3 is 2.82 bits per heavy atom. The van der Waals surface area contributed by atoms with E-state index in [0.717, 1.165) is 4.68 Å². The molecule has 0 saturated heterocycles. The zero-order chi connectivity index (χ0) is 12.6. The molecule has 0 fully saturated rings. The lowest BCUT2D eigenvalue weighted by molar-refractivity contribution is -0.143. The lowest BCUT2D eigenvalue weighted by atomic mass is 10.1. The second kappa shape index (κ2) is 4.02. The van der Waals surface area contributed by atoms with Crippen molar-refractivity contribution in [3.63, 3.8) is 0 Å². The van der Waals surface area contributed by atoms with Gasteiger partial charge in [0.15, 0.2) is 5.69 Å². The standard InChI is InChI=1S/C9H10F3N3O2/c10-9(11,12)8-5-3-13-2-1-6(5)15(14-8)4-7(16)17/h13H,1-4H2,(H,16,17). The van der Waals surface area contributed by atoms with Gasteiger partial charge in [-0.15, -0.1) is 0 Å². The van der Waals surface area contributed by atoms with Crippen LogP contribution in [0.3, 0.4) is 0 Å². The smallest absolute Gasteiger partial charge is 0.435 e. The maximum Gasteiger partial charge on any atom is 0.435 e. The lowest BCUT2D eigenvalue weighted by Crippen LogP contribution is -2.26. The Hall–Kier alpha value is -1.57. The number of rotatable bonds is 2. The van der Waals surface area contributed by atoms with Gasteiger partial charge in [0.1, 0.15) is 6.54 Å². The molecule has 2 N–H and O–H groups in total. The number of carbonyl (C=O) groups is 1. The first-order valence-corrected chi connectivity index (χ1v) is 4.98. The number of carboxylic acids is 1. The molecule has 1 aliphatic rings. The average molecular weight is 249 g/mol. The first kappa shape index (κ1) is 11.9. The third kappa shape index (κ3) is 2.26. The summed E-state index contributed by atoms with van der Waals surface area (Å²) in [6.07, 6.45) is -4.20. The van der Waals surface area contributed by atoms with Crippen LogP contribution in [0.25, 0.3) is 0 Å². The van der Waals surface area contributed by atoms with Crippen LogP contribution in [0.5, 0.6) is 0 Å². The van der Waals surface area contributed by atoms with Crippen molar-refractivity contribution in [3.05, 3.63) is 17.0 Å². The molecular formula is C9H10F3N3O2. The zero-order valence-electron chi connectivity index (χ0n) is 8.71. The van der Waals surface area contributed by atoms with Crippen LogP contribution in [-0.2, 0) is 30.5 Å². The Labute approximate surface area is 94.2 Å². The number of aromatic nitrogens is 2. The minimum atomic E-state index is -4.55. The number of aliphatic carboxylic acids is 1. The van der Waals surface area contributed by atoms with Crippen molar-refractivity contribution in [2.45, 2.75) is 25.7 Å². The number of carboxylic acid groups (broad SMARTS) is 1. The van der Waals surface area contributed by atoms with Crippen LogP contribution >= 0.6 is 0 Å². The third-order valence-corrected chi connectivity index (χ3v) is 2.56. The Morgan fingerprint density at radius 2 is 2.24 bits per heavy atom. The summed E-state index contributed by atoms with van der Waals surface area (Å²) in [5, 5.41) is 14.8. The van der Waals surface area contributed by atoms with E-state index in [2.05, 4.69) is 10.4 Å². The minimum absolute atomic E-state index is 0.0602. The van der Waals surface area contributed by atoms with Gasteiger partial charge in [-0.2, -0.15) is 18.3 Å². The van der Waals surface area contributed by atoms with Gasteiger partial charge in [0.25, 0.3) is 0 Å². The zero-order valence-corrected chi connectivity index (χ0v) is 8.71. The van der Waals surface area contributed by atoms with E-state index >= 15 is 0 Å². The van der Waals surface area contributed by atoms with Crippen molar-refractivity contribution in [1.82, 2.24) is 15.1 Å². The molecule has 1 aromatic heterocycles. The third-order valence-electron chi connectivity index (χ3n) is 2.56. The number of fused-ring (bicyclic) bond motifs is 1. The summed E-state index contributed by atoms with van der Waals surface area (Å²) in [6.45, 7) is 0.0534. The van der Waals surface area contributed by atoms with E-state index in [0.29, 0.717) is 18.7 Å². The first-order chi connectivity index (χ1) is 7.89. The van der Waals surface area contributed by atoms with Gasteiger partial charge in [-0.25, -0.2) is 0 Å². The molecule has 94 valence electrons. The van der Waals surface area contributed by atoms with E-state index in [9.17, 15) is 18.0 Å². The quantitative estimate of drug-likeness (QED) is 0.806. The molecule has 0 bridgehead atoms. The van der Waals surface area contributed by atoms with Gasteiger partial charge in [-0.3, -0.25) is 9.48 Å². The Balaban J connectivity index is 2.47. The summed E-state index contributed by atoms with van der Waals surface area (Å²) in [6, 6.07) is 0. The fourth-order valence-electron chi connectivity index (χ4n) is 1.91. The van der Waals surface area contributed by atoms with Gasteiger partial charge >= 0.3 is 12.1 Å². The molecule has 1 aromatic rings. The normalized spacial score (nSPS) is 15.7. The highest BCUT2D eigenvalue weighted by Crippen LogP contribution is 2.33. The molecule has 0 unspecified atom stereocenters. The van der Waals surface area contributed by atoms with Crippen molar-refractivity contribution < 1.29 is 23.1 Å². The lowest BCUT2D eigenvalue weighted by Gasteiger charge is -2.15. The molecule has 17 heavy (non-hydrogen) atoms. The highest BCUT2D eigenvalue weighted by atomic mass is 19.4. The molecule has 0 amide bonds. The summed E-state index contributed by atoms with van der Waals surface area (Å²) >= 11 is 0. The van der Waals surface area contributed by atoms with Crippen LogP contribution in [0.15, 0.2) is 0 Å². The van der Waals surface area contributed by atoms with Crippen LogP contribution in [0.4, 0.5) is 13.2 Å². The molecule has 1 aliphatic heterocycles. The number of nitrogens with zero attached hydrogens (tertiary/aromatic N) is 2. The van der Waals surface area contributed by atoms with Gasteiger partial charge in [0, 0.05) is 30.8 Å². The number of nitrogens with one attached hydrogen (secondary N) is 1. The van der Waals surface area contributed by atoms with Crippen LogP contribution in [0.2, 0.25) is 0 Å². The molecule has 0 aliphatic carbocycles. The molecule has 8 heteroatoms. The molecule has 0 atom stereocenters. The Bertz CT molecular complexity index is 453. The number of alkyl halides is 3. The Morgan fingerprint density at radius 1 is 1.53 bits per heavy atom. The van der Waals surface area contributed by atoms with Crippen molar-refractivity contribution in [3.8, 4) is 0 Å². The van der Waals surface area contributed by atoms with E-state index in [4.69, 9.17) is 5.11 Å². The number of hydrogen-bond donors (Lipinski definition) is 2. The monoisotopic (exact) mass is 249 g/mol. The molecule has 0 spiro atoms. The fourth-order valence-corrected chi connectivity index (χ4v) is 1.91. The number of halogens is 3. The summed E-state index contributed by atoms with van der Waals surface area (Å²) in [7, 11) is 0. The van der Waals surface area contributed by atoms with Gasteiger partial charge in [-0.05, 0) is 0 Å². The second-order valence-corrected chi connectivity index (χ2v) is 3.75. The largest absolute Gasteiger partial charge is 0.480 e. The average Bonchev–Trinajstić information content (AvgIpc) is 2.56. The van der Waals surface area contributed by atoms with Crippen LogP contribution in [0, 0.1) is 0 Å². The van der Waals surface area contributed by atoms with Crippen molar-refractivity contribution in [2.75, 3.05) is 6.54 Å². The SMILES string of the molecule is O=C(O)Cn1nc(C(F)(F)F)c2c1CCNC2. The molecule has 0 radical (unpaired) electrons. The van der Waals surface area contributed by atoms with Gasteiger partial charge in [0.2, 0.25) is 0 Å². The highest BCUT2D eigenvalue weighted by Gasteiger charge is 2.39. The molecule has 5 nitrogen and oxygen atoms in total. The Kier molecular flexibility index (Phi) is 2.82. The second-order valence-electron chi connectivity index (χ2n) is 3.75. The molecule has 2 rings (SSSR count). The molecule has 2 heterocycles. The topological polar surface area (TPSA) is 67.1 Å². The maximum atomic E-state index is 12.7. The van der Waals surface area contributed by atoms with Gasteiger partial charge < -0.3 is 10.4 Å². The van der Waals surface area contributed by atoms with Crippen molar-refractivity contribution in [1.29, 1.82) is 0 Å². The predicted octanol–water partition coefficient (Wildman–Crippen LogP) is 0.632. The molecular weight excluding hydrogens is 239 g/mol. The van der Waals surface area contributed by atoms with Crippen LogP contribution in [0.1, 0.15) is 17.0 Å². The van der Waals surface area contributed by atoms with E-state index in [-0.39, 0.29) is 12.1 Å². The number of hydrogen-bond acceptors (Lipinski definition) is 3. The highest BCUT2D eigenvalue weighted by molar-refractivity contribution is 5.66. The summed E-state index contributed by atoms with van der Waals surface area (Å²) in [5.41, 5.74) is -0.565. The van der Waals surface area contributed by atoms with Gasteiger partial charge in [-0.1, -0.05) is 0 Å². The summed E-state index contributed by atoms with van der Waals surface area (Å²) in [4.78, 5) is 10.6. The van der Waals surface area contributed by atoms with Crippen molar-refractivity contribution in [2.24, 2.45) is 0 Å². The molecule has 0 saturated carbocycles. The van der Waals surface area contributed by atoms with Crippen LogP contribution < -0.4 is 5.32 Å². The summed E-state index contributed by atoms with van der Waals surface area (Å²) < 4.78 is 39.0. The summed E-state index contributed by atoms with van der Waals surface area (Å²) in [5.74, 6) is -1.21. The van der Waals surface area contributed by atoms with Crippen LogP contribution in [-0.4, -0.2) is 27.4 Å². The van der Waals surface area contributed by atoms with Crippen molar-refractivity contribution >= 4 is 5.97 Å². The minimum Gasteiger partial charge on any atom is -0.480 e. The van der Waals surface area contributed by atoms with E-state index in [1.54, 1.807) is 0 Å². The fraction of sp³-hybridized carbons (Fsp3) is 0.556. The maximum absolute atomic E-state index is 12.7. The first-order valence-electron chi connectivity index (χ1n) is 4.98.